The summed E-state index contributed by atoms with van der Waals surface area (Å²) in [4.78, 5) is 37.0. The van der Waals surface area contributed by atoms with Gasteiger partial charge < -0.3 is 20.1 Å². The maximum absolute atomic E-state index is 12.7. The fourth-order valence-electron chi connectivity index (χ4n) is 2.46. The summed E-state index contributed by atoms with van der Waals surface area (Å²) in [6, 6.07) is 7.57. The van der Waals surface area contributed by atoms with Crippen molar-refractivity contribution in [3.8, 4) is 0 Å². The normalized spacial score (nSPS) is 12.6. The summed E-state index contributed by atoms with van der Waals surface area (Å²) < 4.78 is 10.4. The average Bonchev–Trinajstić information content (AvgIpc) is 2.70. The van der Waals surface area contributed by atoms with Crippen molar-refractivity contribution in [1.29, 1.82) is 0 Å². The number of hydrogen-bond donors (Lipinski definition) is 2. The number of benzene rings is 1. The number of rotatable bonds is 12. The second kappa shape index (κ2) is 13.4. The highest BCUT2D eigenvalue weighted by atomic mass is 16.5. The molecule has 1 aromatic carbocycles. The van der Waals surface area contributed by atoms with Crippen molar-refractivity contribution in [2.45, 2.75) is 58.7 Å². The Morgan fingerprint density at radius 2 is 1.79 bits per heavy atom. The van der Waals surface area contributed by atoms with E-state index in [1.165, 1.54) is 6.08 Å². The lowest BCUT2D eigenvalue weighted by molar-refractivity contribution is -0.150. The zero-order valence-electron chi connectivity index (χ0n) is 17.5. The largest absolute Gasteiger partial charge is 0.459 e. The van der Waals surface area contributed by atoms with E-state index in [4.69, 9.17) is 9.47 Å². The maximum atomic E-state index is 12.7. The summed E-state index contributed by atoms with van der Waals surface area (Å²) in [5, 5.41) is 5.20. The van der Waals surface area contributed by atoms with Crippen LogP contribution in [0.25, 0.3) is 0 Å². The Labute approximate surface area is 172 Å². The number of carbonyl (C=O) groups excluding carboxylic acids is 3. The Morgan fingerprint density at radius 3 is 2.38 bits per heavy atom. The van der Waals surface area contributed by atoms with Crippen LogP contribution in [-0.4, -0.2) is 36.7 Å². The minimum atomic E-state index is -0.884. The molecule has 2 N–H and O–H groups in total. The van der Waals surface area contributed by atoms with Crippen LogP contribution >= 0.6 is 0 Å². The van der Waals surface area contributed by atoms with E-state index in [9.17, 15) is 14.4 Å². The molecule has 0 radical (unpaired) electrons. The first kappa shape index (κ1) is 24.2. The van der Waals surface area contributed by atoms with Gasteiger partial charge in [0.1, 0.15) is 18.7 Å². The maximum Gasteiger partial charge on any atom is 0.407 e. The highest BCUT2D eigenvalue weighted by molar-refractivity contribution is 5.89. The third-order valence-electron chi connectivity index (χ3n) is 4.18. The van der Waals surface area contributed by atoms with Gasteiger partial charge in [0.05, 0.1) is 6.61 Å². The minimum absolute atomic E-state index is 0.122. The van der Waals surface area contributed by atoms with E-state index in [0.717, 1.165) is 18.4 Å². The summed E-state index contributed by atoms with van der Waals surface area (Å²) in [6.45, 7) is 9.62. The second-order valence-electron chi connectivity index (χ2n) is 7.03. The van der Waals surface area contributed by atoms with Gasteiger partial charge in [-0.1, -0.05) is 63.6 Å². The first-order valence-electron chi connectivity index (χ1n) is 9.94. The van der Waals surface area contributed by atoms with Crippen molar-refractivity contribution in [3.63, 3.8) is 0 Å². The molecule has 0 aliphatic carbocycles. The quantitative estimate of drug-likeness (QED) is 0.317. The summed E-state index contributed by atoms with van der Waals surface area (Å²) in [6.07, 6.45) is 2.69. The lowest BCUT2D eigenvalue weighted by Gasteiger charge is -2.24. The van der Waals surface area contributed by atoms with Gasteiger partial charge in [-0.25, -0.2) is 9.59 Å². The van der Waals surface area contributed by atoms with Gasteiger partial charge in [0, 0.05) is 0 Å². The second-order valence-corrected chi connectivity index (χ2v) is 7.03. The molecule has 0 heterocycles. The molecule has 0 aliphatic heterocycles. The average molecular weight is 405 g/mol. The van der Waals surface area contributed by atoms with Crippen LogP contribution in [0.3, 0.4) is 0 Å². The van der Waals surface area contributed by atoms with Crippen molar-refractivity contribution >= 4 is 18.0 Å². The molecule has 29 heavy (non-hydrogen) atoms. The standard InChI is InChI=1S/C22H32N2O5/c1-5-7-14-28-22(27)23-18(11-6-2)20(25)24-19(16(3)4)21(26)29-15-17-12-9-8-10-13-17/h6,8-10,12-13,16,18-19H,2,5,7,11,14-15H2,1,3-4H3,(H,23,27)(H,24,25)/t18?,19-/m0/s1. The van der Waals surface area contributed by atoms with Gasteiger partial charge in [0.2, 0.25) is 5.91 Å². The van der Waals surface area contributed by atoms with E-state index in [0.29, 0.717) is 0 Å². The molecule has 2 amide bonds. The molecule has 7 heteroatoms. The molecule has 0 spiro atoms. The topological polar surface area (TPSA) is 93.7 Å². The van der Waals surface area contributed by atoms with Crippen molar-refractivity contribution in [3.05, 3.63) is 48.6 Å². The Kier molecular flexibility index (Phi) is 11.2. The van der Waals surface area contributed by atoms with Gasteiger partial charge in [-0.05, 0) is 24.3 Å². The van der Waals surface area contributed by atoms with Gasteiger partial charge in [-0.15, -0.1) is 6.58 Å². The number of hydrogen-bond acceptors (Lipinski definition) is 5. The first-order chi connectivity index (χ1) is 13.9. The molecule has 2 atom stereocenters. The number of nitrogens with one attached hydrogen (secondary N) is 2. The van der Waals surface area contributed by atoms with Crippen molar-refractivity contribution in [2.75, 3.05) is 6.61 Å². The lowest BCUT2D eigenvalue weighted by atomic mass is 10.0. The molecule has 1 unspecified atom stereocenters. The zero-order valence-corrected chi connectivity index (χ0v) is 17.5. The van der Waals surface area contributed by atoms with Crippen LogP contribution in [0.15, 0.2) is 43.0 Å². The predicted molar refractivity (Wildman–Crippen MR) is 111 cm³/mol. The van der Waals surface area contributed by atoms with E-state index in [-0.39, 0.29) is 25.6 Å². The lowest BCUT2D eigenvalue weighted by Crippen LogP contribution is -2.53. The summed E-state index contributed by atoms with van der Waals surface area (Å²) >= 11 is 0. The van der Waals surface area contributed by atoms with Crippen molar-refractivity contribution < 1.29 is 23.9 Å². The number of carbonyl (C=O) groups is 3. The smallest absolute Gasteiger partial charge is 0.407 e. The molecule has 160 valence electrons. The molecule has 1 aromatic rings. The Balaban J connectivity index is 2.67. The number of esters is 1. The molecule has 0 saturated carbocycles. The van der Waals surface area contributed by atoms with E-state index in [2.05, 4.69) is 17.2 Å². The molecule has 0 fully saturated rings. The summed E-state index contributed by atoms with van der Waals surface area (Å²) in [5.41, 5.74) is 0.857. The van der Waals surface area contributed by atoms with E-state index in [1.807, 2.05) is 51.1 Å². The first-order valence-corrected chi connectivity index (χ1v) is 9.94. The van der Waals surface area contributed by atoms with Gasteiger partial charge in [0.25, 0.3) is 0 Å². The number of alkyl carbamates (subject to hydrolysis) is 1. The van der Waals surface area contributed by atoms with Crippen molar-refractivity contribution in [1.82, 2.24) is 10.6 Å². The third kappa shape index (κ3) is 9.27. The van der Waals surface area contributed by atoms with Gasteiger partial charge in [-0.2, -0.15) is 0 Å². The molecule has 0 saturated heterocycles. The summed E-state index contributed by atoms with van der Waals surface area (Å²) in [7, 11) is 0. The van der Waals surface area contributed by atoms with Crippen molar-refractivity contribution in [2.24, 2.45) is 5.92 Å². The van der Waals surface area contributed by atoms with Gasteiger partial charge >= 0.3 is 12.1 Å². The SMILES string of the molecule is C=CCC(NC(=O)OCCCC)C(=O)N[C@H](C(=O)OCc1ccccc1)C(C)C. The van der Waals surface area contributed by atoms with E-state index in [1.54, 1.807) is 0 Å². The van der Waals surface area contributed by atoms with Crippen LogP contribution in [0.2, 0.25) is 0 Å². The molecule has 7 nitrogen and oxygen atoms in total. The Morgan fingerprint density at radius 1 is 1.10 bits per heavy atom. The number of ether oxygens (including phenoxy) is 2. The fraction of sp³-hybridized carbons (Fsp3) is 0.500. The van der Waals surface area contributed by atoms with Crippen LogP contribution < -0.4 is 10.6 Å². The third-order valence-corrected chi connectivity index (χ3v) is 4.18. The van der Waals surface area contributed by atoms with Gasteiger partial charge in [-0.3, -0.25) is 4.79 Å². The molecule has 0 aliphatic rings. The van der Waals surface area contributed by atoms with E-state index < -0.39 is 30.1 Å². The van der Waals surface area contributed by atoms with Gasteiger partial charge in [0.15, 0.2) is 0 Å². The highest BCUT2D eigenvalue weighted by Gasteiger charge is 2.29. The molecule has 1 rings (SSSR count). The zero-order chi connectivity index (χ0) is 21.6. The van der Waals surface area contributed by atoms with Crippen LogP contribution in [0.4, 0.5) is 4.79 Å². The highest BCUT2D eigenvalue weighted by Crippen LogP contribution is 2.08. The molecular formula is C22H32N2O5. The number of unbranched alkanes of at least 4 members (excludes halogenated alkanes) is 1. The fourth-order valence-corrected chi connectivity index (χ4v) is 2.46. The van der Waals surface area contributed by atoms with Crippen LogP contribution in [0.5, 0.6) is 0 Å². The van der Waals surface area contributed by atoms with Crippen LogP contribution in [0.1, 0.15) is 45.6 Å². The Bertz CT molecular complexity index is 660. The summed E-state index contributed by atoms with van der Waals surface area (Å²) in [5.74, 6) is -1.21. The predicted octanol–water partition coefficient (Wildman–Crippen LogP) is 3.34. The monoisotopic (exact) mass is 404 g/mol. The molecule has 0 aromatic heterocycles. The van der Waals surface area contributed by atoms with Crippen LogP contribution in [-0.2, 0) is 25.7 Å². The minimum Gasteiger partial charge on any atom is -0.459 e. The van der Waals surface area contributed by atoms with E-state index >= 15 is 0 Å². The Hall–Kier alpha value is -2.83. The van der Waals surface area contributed by atoms with Crippen LogP contribution in [0, 0.1) is 5.92 Å². The molecule has 0 bridgehead atoms. The molecular weight excluding hydrogens is 372 g/mol. The number of amides is 2.